The van der Waals surface area contributed by atoms with E-state index in [2.05, 4.69) is 0 Å². The largest absolute Gasteiger partial charge is 0.465 e. The minimum Gasteiger partial charge on any atom is -0.465 e. The van der Waals surface area contributed by atoms with Gasteiger partial charge in [0.25, 0.3) is 0 Å². The van der Waals surface area contributed by atoms with Gasteiger partial charge in [-0.1, -0.05) is 30.3 Å². The summed E-state index contributed by atoms with van der Waals surface area (Å²) in [5.41, 5.74) is 1.10. The highest BCUT2D eigenvalue weighted by Gasteiger charge is 2.51. The van der Waals surface area contributed by atoms with Crippen molar-refractivity contribution in [3.8, 4) is 0 Å². The van der Waals surface area contributed by atoms with E-state index in [4.69, 9.17) is 14.3 Å². The third kappa shape index (κ3) is 2.57. The van der Waals surface area contributed by atoms with Gasteiger partial charge in [0, 0.05) is 5.92 Å². The molecule has 1 aromatic rings. The van der Waals surface area contributed by atoms with Gasteiger partial charge < -0.3 is 9.47 Å². The molecular weight excluding hydrogens is 258 g/mol. The summed E-state index contributed by atoms with van der Waals surface area (Å²) < 4.78 is 10.7. The summed E-state index contributed by atoms with van der Waals surface area (Å²) in [6.07, 6.45) is 0.521. The van der Waals surface area contributed by atoms with Crippen LogP contribution in [0.5, 0.6) is 0 Å². The Morgan fingerprint density at radius 1 is 1.40 bits per heavy atom. The monoisotopic (exact) mass is 277 g/mol. The van der Waals surface area contributed by atoms with E-state index in [9.17, 15) is 4.79 Å². The number of hydrogen-bond acceptors (Lipinski definition) is 5. The standard InChI is InChI=1S/C15H19NO4/c1-2-18-14(17)13-12-8-9-19-15(12)20-16(13)10-11-6-4-3-5-7-11/h3-7,12-13,15H,2,8-10H2,1H3/t12-,13-,15+/m1/s1. The van der Waals surface area contributed by atoms with E-state index in [0.717, 1.165) is 12.0 Å². The molecule has 3 rings (SSSR count). The lowest BCUT2D eigenvalue weighted by Gasteiger charge is -2.23. The molecule has 108 valence electrons. The van der Waals surface area contributed by atoms with Gasteiger partial charge >= 0.3 is 5.97 Å². The van der Waals surface area contributed by atoms with Gasteiger partial charge in [-0.3, -0.25) is 9.63 Å². The molecule has 5 nitrogen and oxygen atoms in total. The Morgan fingerprint density at radius 3 is 2.95 bits per heavy atom. The van der Waals surface area contributed by atoms with Crippen LogP contribution < -0.4 is 0 Å². The number of carbonyl (C=O) groups excluding carboxylic acids is 1. The molecule has 0 N–H and O–H groups in total. The fourth-order valence-corrected chi connectivity index (χ4v) is 2.83. The van der Waals surface area contributed by atoms with Crippen LogP contribution in [-0.2, 0) is 25.7 Å². The molecule has 0 unspecified atom stereocenters. The molecule has 0 bridgehead atoms. The summed E-state index contributed by atoms with van der Waals surface area (Å²) in [4.78, 5) is 18.0. The first-order valence-electron chi connectivity index (χ1n) is 7.05. The predicted octanol–water partition coefficient (Wildman–Crippen LogP) is 1.73. The molecular formula is C15H19NO4. The van der Waals surface area contributed by atoms with Crippen molar-refractivity contribution in [1.29, 1.82) is 0 Å². The first-order chi connectivity index (χ1) is 9.79. The number of benzene rings is 1. The lowest BCUT2D eigenvalue weighted by molar-refractivity contribution is -0.239. The summed E-state index contributed by atoms with van der Waals surface area (Å²) in [6.45, 7) is 3.40. The first-order valence-corrected chi connectivity index (χ1v) is 7.05. The maximum atomic E-state index is 12.2. The van der Waals surface area contributed by atoms with Crippen LogP contribution in [0.25, 0.3) is 0 Å². The van der Waals surface area contributed by atoms with Crippen molar-refractivity contribution in [2.45, 2.75) is 32.2 Å². The summed E-state index contributed by atoms with van der Waals surface area (Å²) in [5.74, 6) is -0.154. The van der Waals surface area contributed by atoms with Gasteiger partial charge in [0.2, 0.25) is 0 Å². The van der Waals surface area contributed by atoms with Crippen LogP contribution in [0, 0.1) is 5.92 Å². The quantitative estimate of drug-likeness (QED) is 0.784. The van der Waals surface area contributed by atoms with E-state index in [1.54, 1.807) is 5.06 Å². The third-order valence-corrected chi connectivity index (χ3v) is 3.75. The fourth-order valence-electron chi connectivity index (χ4n) is 2.83. The highest BCUT2D eigenvalue weighted by atomic mass is 16.8. The summed E-state index contributed by atoms with van der Waals surface area (Å²) in [6, 6.07) is 9.57. The Labute approximate surface area is 118 Å². The molecule has 2 saturated heterocycles. The minimum absolute atomic E-state index is 0.0674. The van der Waals surface area contributed by atoms with Crippen LogP contribution in [-0.4, -0.2) is 36.6 Å². The SMILES string of the molecule is CCOC(=O)[C@H]1[C@H]2CCO[C@H]2ON1Cc1ccccc1. The van der Waals surface area contributed by atoms with Crippen LogP contribution in [0.2, 0.25) is 0 Å². The number of fused-ring (bicyclic) bond motifs is 1. The van der Waals surface area contributed by atoms with Crippen molar-refractivity contribution in [2.24, 2.45) is 5.92 Å². The van der Waals surface area contributed by atoms with Crippen molar-refractivity contribution >= 4 is 5.97 Å². The van der Waals surface area contributed by atoms with E-state index < -0.39 is 0 Å². The third-order valence-electron chi connectivity index (χ3n) is 3.75. The lowest BCUT2D eigenvalue weighted by atomic mass is 9.98. The molecule has 0 saturated carbocycles. The highest BCUT2D eigenvalue weighted by molar-refractivity contribution is 5.76. The zero-order valence-corrected chi connectivity index (χ0v) is 11.5. The molecule has 0 amide bonds. The van der Waals surface area contributed by atoms with Gasteiger partial charge in [-0.2, -0.15) is 5.06 Å². The van der Waals surface area contributed by atoms with E-state index in [-0.39, 0.29) is 24.2 Å². The number of ether oxygens (including phenoxy) is 2. The molecule has 2 heterocycles. The van der Waals surface area contributed by atoms with Crippen molar-refractivity contribution < 1.29 is 19.1 Å². The topological polar surface area (TPSA) is 48.0 Å². The van der Waals surface area contributed by atoms with E-state index in [1.807, 2.05) is 37.3 Å². The van der Waals surface area contributed by atoms with E-state index in [0.29, 0.717) is 19.8 Å². The summed E-state index contributed by atoms with van der Waals surface area (Å²) in [7, 11) is 0. The van der Waals surface area contributed by atoms with Crippen LogP contribution >= 0.6 is 0 Å². The second kappa shape index (κ2) is 5.91. The van der Waals surface area contributed by atoms with Crippen LogP contribution in [0.4, 0.5) is 0 Å². The van der Waals surface area contributed by atoms with Crippen LogP contribution in [0.3, 0.4) is 0 Å². The summed E-state index contributed by atoms with van der Waals surface area (Å²) in [5, 5.41) is 1.71. The number of carbonyl (C=O) groups is 1. The minimum atomic E-state index is -0.373. The smallest absolute Gasteiger partial charge is 0.326 e. The zero-order chi connectivity index (χ0) is 13.9. The average Bonchev–Trinajstić information content (AvgIpc) is 3.00. The number of nitrogens with zero attached hydrogens (tertiary/aromatic N) is 1. The Balaban J connectivity index is 1.76. The van der Waals surface area contributed by atoms with Crippen molar-refractivity contribution in [2.75, 3.05) is 13.2 Å². The molecule has 1 aromatic carbocycles. The Hall–Kier alpha value is -1.43. The van der Waals surface area contributed by atoms with Gasteiger partial charge in [-0.25, -0.2) is 0 Å². The zero-order valence-electron chi connectivity index (χ0n) is 11.5. The van der Waals surface area contributed by atoms with Crippen LogP contribution in [0.1, 0.15) is 18.9 Å². The van der Waals surface area contributed by atoms with Crippen molar-refractivity contribution in [1.82, 2.24) is 5.06 Å². The molecule has 20 heavy (non-hydrogen) atoms. The number of esters is 1. The van der Waals surface area contributed by atoms with Crippen molar-refractivity contribution in [3.05, 3.63) is 35.9 Å². The van der Waals surface area contributed by atoms with Gasteiger partial charge in [0.1, 0.15) is 6.04 Å². The summed E-state index contributed by atoms with van der Waals surface area (Å²) >= 11 is 0. The maximum absolute atomic E-state index is 12.2. The lowest BCUT2D eigenvalue weighted by Crippen LogP contribution is -2.40. The van der Waals surface area contributed by atoms with Crippen LogP contribution in [0.15, 0.2) is 30.3 Å². The van der Waals surface area contributed by atoms with Gasteiger partial charge in [0.15, 0.2) is 6.29 Å². The second-order valence-corrected chi connectivity index (χ2v) is 5.05. The Morgan fingerprint density at radius 2 is 2.20 bits per heavy atom. The molecule has 5 heteroatoms. The Kier molecular flexibility index (Phi) is 4.00. The van der Waals surface area contributed by atoms with Gasteiger partial charge in [-0.05, 0) is 18.9 Å². The van der Waals surface area contributed by atoms with E-state index in [1.165, 1.54) is 0 Å². The normalized spacial score (nSPS) is 29.4. The van der Waals surface area contributed by atoms with E-state index >= 15 is 0 Å². The molecule has 0 radical (unpaired) electrons. The molecule has 2 aliphatic rings. The van der Waals surface area contributed by atoms with Gasteiger partial charge in [0.05, 0.1) is 19.8 Å². The molecule has 2 aliphatic heterocycles. The first kappa shape index (κ1) is 13.5. The molecule has 2 fully saturated rings. The number of hydroxylamine groups is 2. The molecule has 3 atom stereocenters. The maximum Gasteiger partial charge on any atom is 0.326 e. The number of hydrogen-bond donors (Lipinski definition) is 0. The molecule has 0 spiro atoms. The Bertz CT molecular complexity index is 464. The van der Waals surface area contributed by atoms with Crippen molar-refractivity contribution in [3.63, 3.8) is 0 Å². The number of rotatable bonds is 4. The average molecular weight is 277 g/mol. The molecule has 0 aromatic heterocycles. The molecule has 0 aliphatic carbocycles. The fraction of sp³-hybridized carbons (Fsp3) is 0.533. The van der Waals surface area contributed by atoms with Gasteiger partial charge in [-0.15, -0.1) is 0 Å². The second-order valence-electron chi connectivity index (χ2n) is 5.05. The predicted molar refractivity (Wildman–Crippen MR) is 71.3 cm³/mol. The highest BCUT2D eigenvalue weighted by Crippen LogP contribution is 2.37.